The fraction of sp³-hybridized carbons (Fsp3) is 0.500. The fourth-order valence-electron chi connectivity index (χ4n) is 3.87. The van der Waals surface area contributed by atoms with E-state index in [1.807, 2.05) is 24.3 Å². The van der Waals surface area contributed by atoms with Crippen LogP contribution < -0.4 is 14.2 Å². The molecule has 0 radical (unpaired) electrons. The first-order valence-electron chi connectivity index (χ1n) is 14.0. The average molecular weight is 509 g/mol. The third kappa shape index (κ3) is 14.3. The van der Waals surface area contributed by atoms with Gasteiger partial charge in [-0.3, -0.25) is 4.79 Å². The molecule has 5 nitrogen and oxygen atoms in total. The van der Waals surface area contributed by atoms with Gasteiger partial charge in [0.2, 0.25) is 0 Å². The molecule has 0 saturated heterocycles. The van der Waals surface area contributed by atoms with Crippen LogP contribution in [-0.4, -0.2) is 18.5 Å². The maximum atomic E-state index is 12.2. The number of benzene rings is 2. The first-order chi connectivity index (χ1) is 18.1. The average Bonchev–Trinajstić information content (AvgIpc) is 2.90. The van der Waals surface area contributed by atoms with Crippen molar-refractivity contribution in [3.05, 3.63) is 60.2 Å². The van der Waals surface area contributed by atoms with Crippen LogP contribution in [0, 0.1) is 0 Å². The SMILES string of the molecule is CCCCCCCCCCCOc1ccc(C=CC(=O)Oc2ccc(OC(=O)CCCCC)cc2)cc1. The lowest BCUT2D eigenvalue weighted by atomic mass is 10.1. The van der Waals surface area contributed by atoms with Gasteiger partial charge in [0.05, 0.1) is 6.61 Å². The number of ether oxygens (including phenoxy) is 3. The molecule has 0 aliphatic rings. The van der Waals surface area contributed by atoms with Gasteiger partial charge < -0.3 is 14.2 Å². The number of carbonyl (C=O) groups excluding carboxylic acids is 2. The Kier molecular flexibility index (Phi) is 15.6. The summed E-state index contributed by atoms with van der Waals surface area (Å²) in [6, 6.07) is 14.1. The molecule has 37 heavy (non-hydrogen) atoms. The monoisotopic (exact) mass is 508 g/mol. The number of rotatable bonds is 19. The van der Waals surface area contributed by atoms with Crippen LogP contribution >= 0.6 is 0 Å². The molecule has 0 atom stereocenters. The standard InChI is InChI=1S/C32H44O5/c1-3-5-7-8-9-10-11-12-14-26-35-28-19-16-27(17-20-28)18-25-32(34)37-30-23-21-29(22-24-30)36-31(33)15-13-6-4-2/h16-25H,3-15,26H2,1-2H3. The quantitative estimate of drug-likeness (QED) is 0.0822. The van der Waals surface area contributed by atoms with Crippen LogP contribution in [0.15, 0.2) is 54.6 Å². The zero-order valence-electron chi connectivity index (χ0n) is 22.7. The molecule has 0 aliphatic heterocycles. The first kappa shape index (κ1) is 30.1. The van der Waals surface area contributed by atoms with Crippen molar-refractivity contribution >= 4 is 18.0 Å². The zero-order chi connectivity index (χ0) is 26.6. The third-order valence-corrected chi connectivity index (χ3v) is 6.07. The number of hydrogen-bond donors (Lipinski definition) is 0. The highest BCUT2D eigenvalue weighted by Crippen LogP contribution is 2.19. The lowest BCUT2D eigenvalue weighted by Gasteiger charge is -2.07. The van der Waals surface area contributed by atoms with Crippen LogP contribution in [0.2, 0.25) is 0 Å². The van der Waals surface area contributed by atoms with Crippen LogP contribution in [0.4, 0.5) is 0 Å². The van der Waals surface area contributed by atoms with Crippen molar-refractivity contribution in [2.75, 3.05) is 6.61 Å². The highest BCUT2D eigenvalue weighted by atomic mass is 16.5. The molecular formula is C32H44O5. The van der Waals surface area contributed by atoms with Crippen molar-refractivity contribution < 1.29 is 23.8 Å². The minimum atomic E-state index is -0.477. The van der Waals surface area contributed by atoms with Crippen molar-refractivity contribution in [1.29, 1.82) is 0 Å². The molecule has 202 valence electrons. The van der Waals surface area contributed by atoms with Gasteiger partial charge in [-0.25, -0.2) is 4.79 Å². The lowest BCUT2D eigenvalue weighted by Crippen LogP contribution is -2.07. The molecule has 2 rings (SSSR count). The Morgan fingerprint density at radius 1 is 0.622 bits per heavy atom. The highest BCUT2D eigenvalue weighted by Gasteiger charge is 2.06. The van der Waals surface area contributed by atoms with Crippen LogP contribution in [0.3, 0.4) is 0 Å². The number of carbonyl (C=O) groups is 2. The Balaban J connectivity index is 1.63. The Bertz CT molecular complexity index is 915. The van der Waals surface area contributed by atoms with Crippen molar-refractivity contribution in [3.63, 3.8) is 0 Å². The van der Waals surface area contributed by atoms with Gasteiger partial charge in [-0.05, 0) is 60.9 Å². The summed E-state index contributed by atoms with van der Waals surface area (Å²) in [5.41, 5.74) is 0.887. The molecule has 2 aromatic rings. The predicted molar refractivity (Wildman–Crippen MR) is 150 cm³/mol. The van der Waals surface area contributed by atoms with Gasteiger partial charge in [0, 0.05) is 12.5 Å². The first-order valence-corrected chi connectivity index (χ1v) is 14.0. The van der Waals surface area contributed by atoms with Gasteiger partial charge in [0.15, 0.2) is 0 Å². The Labute approximate surface area is 223 Å². The second kappa shape index (κ2) is 19.1. The number of esters is 2. The zero-order valence-corrected chi connectivity index (χ0v) is 22.7. The van der Waals surface area contributed by atoms with Gasteiger partial charge in [-0.1, -0.05) is 90.2 Å². The second-order valence-corrected chi connectivity index (χ2v) is 9.40. The molecule has 0 unspecified atom stereocenters. The maximum Gasteiger partial charge on any atom is 0.336 e. The molecule has 0 bridgehead atoms. The minimum absolute atomic E-state index is 0.249. The topological polar surface area (TPSA) is 61.8 Å². The Morgan fingerprint density at radius 3 is 1.76 bits per heavy atom. The smallest absolute Gasteiger partial charge is 0.336 e. The molecule has 0 saturated carbocycles. The third-order valence-electron chi connectivity index (χ3n) is 6.07. The summed E-state index contributed by atoms with van der Waals surface area (Å²) in [4.78, 5) is 24.0. The van der Waals surface area contributed by atoms with Crippen LogP contribution in [0.5, 0.6) is 17.2 Å². The Morgan fingerprint density at radius 2 is 1.14 bits per heavy atom. The van der Waals surface area contributed by atoms with Gasteiger partial charge >= 0.3 is 11.9 Å². The summed E-state index contributed by atoms with van der Waals surface area (Å²) in [6.45, 7) is 5.07. The second-order valence-electron chi connectivity index (χ2n) is 9.40. The maximum absolute atomic E-state index is 12.2. The van der Waals surface area contributed by atoms with Crippen molar-refractivity contribution in [3.8, 4) is 17.2 Å². The fourth-order valence-corrected chi connectivity index (χ4v) is 3.87. The molecule has 0 aromatic heterocycles. The normalized spacial score (nSPS) is 11.0. The summed E-state index contributed by atoms with van der Waals surface area (Å²) < 4.78 is 16.5. The predicted octanol–water partition coefficient (Wildman–Crippen LogP) is 8.70. The summed E-state index contributed by atoms with van der Waals surface area (Å²) in [6.07, 6.45) is 18.0. The van der Waals surface area contributed by atoms with E-state index in [-0.39, 0.29) is 5.97 Å². The van der Waals surface area contributed by atoms with Crippen LogP contribution in [0.1, 0.15) is 103 Å². The van der Waals surface area contributed by atoms with Crippen molar-refractivity contribution in [2.24, 2.45) is 0 Å². The van der Waals surface area contributed by atoms with E-state index in [0.717, 1.165) is 43.6 Å². The molecule has 5 heteroatoms. The summed E-state index contributed by atoms with van der Waals surface area (Å²) in [5, 5.41) is 0. The molecule has 0 aliphatic carbocycles. The largest absolute Gasteiger partial charge is 0.494 e. The molecule has 0 N–H and O–H groups in total. The van der Waals surface area contributed by atoms with E-state index in [1.165, 1.54) is 57.4 Å². The molecule has 0 amide bonds. The van der Waals surface area contributed by atoms with Gasteiger partial charge in [0.1, 0.15) is 17.2 Å². The number of unbranched alkanes of at least 4 members (excludes halogenated alkanes) is 10. The summed E-state index contributed by atoms with van der Waals surface area (Å²) in [5.74, 6) is 0.944. The summed E-state index contributed by atoms with van der Waals surface area (Å²) >= 11 is 0. The van der Waals surface area contributed by atoms with Crippen molar-refractivity contribution in [2.45, 2.75) is 97.3 Å². The van der Waals surface area contributed by atoms with Crippen LogP contribution in [0.25, 0.3) is 6.08 Å². The van der Waals surface area contributed by atoms with Crippen LogP contribution in [-0.2, 0) is 9.59 Å². The van der Waals surface area contributed by atoms with E-state index in [4.69, 9.17) is 14.2 Å². The molecule has 0 spiro atoms. The van der Waals surface area contributed by atoms with Gasteiger partial charge in [-0.2, -0.15) is 0 Å². The van der Waals surface area contributed by atoms with E-state index in [2.05, 4.69) is 13.8 Å². The summed E-state index contributed by atoms with van der Waals surface area (Å²) in [7, 11) is 0. The molecule has 2 aromatic carbocycles. The highest BCUT2D eigenvalue weighted by molar-refractivity contribution is 5.88. The van der Waals surface area contributed by atoms with Gasteiger partial charge in [-0.15, -0.1) is 0 Å². The Hall–Kier alpha value is -3.08. The number of hydrogen-bond acceptors (Lipinski definition) is 5. The van der Waals surface area contributed by atoms with E-state index >= 15 is 0 Å². The van der Waals surface area contributed by atoms with E-state index in [9.17, 15) is 9.59 Å². The van der Waals surface area contributed by atoms with E-state index < -0.39 is 5.97 Å². The minimum Gasteiger partial charge on any atom is -0.494 e. The van der Waals surface area contributed by atoms with Crippen molar-refractivity contribution in [1.82, 2.24) is 0 Å². The molecule has 0 heterocycles. The van der Waals surface area contributed by atoms with E-state index in [1.54, 1.807) is 30.3 Å². The van der Waals surface area contributed by atoms with Gasteiger partial charge in [0.25, 0.3) is 0 Å². The molecule has 0 fully saturated rings. The molecular weight excluding hydrogens is 464 g/mol. The van der Waals surface area contributed by atoms with E-state index in [0.29, 0.717) is 17.9 Å². The lowest BCUT2D eigenvalue weighted by molar-refractivity contribution is -0.134.